The Balaban J connectivity index is 1.69. The van der Waals surface area contributed by atoms with Crippen molar-refractivity contribution in [3.8, 4) is 11.5 Å². The number of aromatic hydroxyl groups is 1. The second-order valence-electron chi connectivity index (χ2n) is 5.91. The van der Waals surface area contributed by atoms with E-state index in [0.29, 0.717) is 11.0 Å². The molecule has 4 rings (SSSR count). The highest BCUT2D eigenvalue weighted by Gasteiger charge is 2.14. The minimum absolute atomic E-state index is 0.0494. The van der Waals surface area contributed by atoms with Crippen molar-refractivity contribution >= 4 is 34.0 Å². The quantitative estimate of drug-likeness (QED) is 0.256. The van der Waals surface area contributed by atoms with Crippen LogP contribution in [0.15, 0.2) is 82.0 Å². The summed E-state index contributed by atoms with van der Waals surface area (Å²) < 4.78 is 10.9. The molecule has 0 radical (unpaired) electrons. The molecule has 0 fully saturated rings. The Labute approximate surface area is 153 Å². The molecule has 27 heavy (non-hydrogen) atoms. The van der Waals surface area contributed by atoms with E-state index in [9.17, 15) is 14.7 Å². The van der Waals surface area contributed by atoms with Gasteiger partial charge in [0, 0.05) is 18.2 Å². The number of rotatable bonds is 3. The number of benzene rings is 3. The average Bonchev–Trinajstić information content (AvgIpc) is 2.67. The van der Waals surface area contributed by atoms with Crippen molar-refractivity contribution in [1.29, 1.82) is 0 Å². The molecule has 0 saturated heterocycles. The number of hydrogen-bond donors (Lipinski definition) is 1. The zero-order valence-electron chi connectivity index (χ0n) is 14.1. The van der Waals surface area contributed by atoms with Crippen LogP contribution in [0.4, 0.5) is 0 Å². The summed E-state index contributed by atoms with van der Waals surface area (Å²) in [7, 11) is 0. The molecule has 1 aromatic heterocycles. The van der Waals surface area contributed by atoms with E-state index in [-0.39, 0.29) is 27.9 Å². The van der Waals surface area contributed by atoms with Crippen LogP contribution in [0.25, 0.3) is 28.0 Å². The van der Waals surface area contributed by atoms with E-state index >= 15 is 0 Å². The van der Waals surface area contributed by atoms with Crippen molar-refractivity contribution in [3.63, 3.8) is 0 Å². The first kappa shape index (κ1) is 16.6. The lowest BCUT2D eigenvalue weighted by Gasteiger charge is -2.06. The summed E-state index contributed by atoms with van der Waals surface area (Å²) >= 11 is 0. The Morgan fingerprint density at radius 3 is 2.52 bits per heavy atom. The average molecular weight is 358 g/mol. The Kier molecular flexibility index (Phi) is 4.18. The van der Waals surface area contributed by atoms with Gasteiger partial charge in [0.05, 0.1) is 5.39 Å². The number of fused-ring (bicyclic) bond motifs is 2. The van der Waals surface area contributed by atoms with Crippen molar-refractivity contribution in [2.45, 2.75) is 0 Å². The molecular formula is C22H14O5. The summed E-state index contributed by atoms with van der Waals surface area (Å²) in [4.78, 5) is 24.6. The van der Waals surface area contributed by atoms with Gasteiger partial charge < -0.3 is 14.3 Å². The van der Waals surface area contributed by atoms with Crippen LogP contribution in [0.5, 0.6) is 11.5 Å². The number of phenolic OH excluding ortho intramolecular Hbond substituents is 1. The molecule has 3 aromatic carbocycles. The maximum atomic E-state index is 12.6. The number of esters is 1. The van der Waals surface area contributed by atoms with E-state index in [2.05, 4.69) is 0 Å². The molecule has 0 saturated carbocycles. The Morgan fingerprint density at radius 1 is 0.963 bits per heavy atom. The van der Waals surface area contributed by atoms with Crippen LogP contribution in [-0.4, -0.2) is 11.1 Å². The molecule has 0 spiro atoms. The molecule has 0 aliphatic carbocycles. The number of carbonyl (C=O) groups excluding carboxylic acids is 1. The molecule has 5 nitrogen and oxygen atoms in total. The Bertz CT molecular complexity index is 1240. The first-order chi connectivity index (χ1) is 13.1. The standard InChI is InChI=1S/C22H14O5/c23-17-12-15(26-20(24)11-10-14-6-2-1-3-7-14)13-19-21(17)22(25)16-8-4-5-9-18(16)27-19/h1-13,23H/b11-10+. The number of carbonyl (C=O) groups is 1. The molecule has 0 aliphatic heterocycles. The van der Waals surface area contributed by atoms with Gasteiger partial charge in [-0.2, -0.15) is 0 Å². The van der Waals surface area contributed by atoms with Gasteiger partial charge in [-0.15, -0.1) is 0 Å². The van der Waals surface area contributed by atoms with Gasteiger partial charge >= 0.3 is 5.97 Å². The van der Waals surface area contributed by atoms with E-state index < -0.39 is 5.97 Å². The summed E-state index contributed by atoms with van der Waals surface area (Å²) in [6, 6.07) is 18.7. The lowest BCUT2D eigenvalue weighted by Crippen LogP contribution is -2.05. The molecule has 5 heteroatoms. The Hall–Kier alpha value is -3.86. The summed E-state index contributed by atoms with van der Waals surface area (Å²) in [5, 5.41) is 10.7. The maximum absolute atomic E-state index is 12.6. The number of ether oxygens (including phenoxy) is 1. The molecule has 1 heterocycles. The van der Waals surface area contributed by atoms with Crippen LogP contribution in [0.2, 0.25) is 0 Å². The largest absolute Gasteiger partial charge is 0.507 e. The lowest BCUT2D eigenvalue weighted by molar-refractivity contribution is -0.128. The smallest absolute Gasteiger partial charge is 0.336 e. The fourth-order valence-electron chi connectivity index (χ4n) is 2.82. The van der Waals surface area contributed by atoms with Gasteiger partial charge in [0.2, 0.25) is 5.43 Å². The van der Waals surface area contributed by atoms with Gasteiger partial charge in [0.1, 0.15) is 28.1 Å². The molecule has 132 valence electrons. The topological polar surface area (TPSA) is 76.7 Å². The third kappa shape index (κ3) is 3.30. The fraction of sp³-hybridized carbons (Fsp3) is 0. The third-order valence-electron chi connectivity index (χ3n) is 4.06. The van der Waals surface area contributed by atoms with Crippen LogP contribution in [0.1, 0.15) is 5.56 Å². The first-order valence-electron chi connectivity index (χ1n) is 8.25. The molecule has 0 amide bonds. The van der Waals surface area contributed by atoms with Crippen LogP contribution < -0.4 is 10.2 Å². The molecule has 0 aliphatic rings. The van der Waals surface area contributed by atoms with Gasteiger partial charge in [-0.3, -0.25) is 4.79 Å². The van der Waals surface area contributed by atoms with Crippen LogP contribution in [0, 0.1) is 0 Å². The monoisotopic (exact) mass is 358 g/mol. The number of hydrogen-bond acceptors (Lipinski definition) is 5. The van der Waals surface area contributed by atoms with Crippen LogP contribution >= 0.6 is 0 Å². The van der Waals surface area contributed by atoms with E-state index in [4.69, 9.17) is 9.15 Å². The molecule has 0 bridgehead atoms. The van der Waals surface area contributed by atoms with Crippen molar-refractivity contribution < 1.29 is 19.1 Å². The minimum Gasteiger partial charge on any atom is -0.507 e. The summed E-state index contributed by atoms with van der Waals surface area (Å²) in [5.74, 6) is -0.830. The molecule has 4 aromatic rings. The predicted molar refractivity (Wildman–Crippen MR) is 103 cm³/mol. The molecule has 0 unspecified atom stereocenters. The van der Waals surface area contributed by atoms with Gasteiger partial charge in [0.15, 0.2) is 0 Å². The normalized spacial score (nSPS) is 11.3. The van der Waals surface area contributed by atoms with Crippen LogP contribution in [0.3, 0.4) is 0 Å². The molecule has 0 atom stereocenters. The summed E-state index contributed by atoms with van der Waals surface area (Å²) in [6.07, 6.45) is 2.91. The highest BCUT2D eigenvalue weighted by Crippen LogP contribution is 2.30. The maximum Gasteiger partial charge on any atom is 0.336 e. The van der Waals surface area contributed by atoms with Gasteiger partial charge in [-0.25, -0.2) is 4.79 Å². The van der Waals surface area contributed by atoms with E-state index in [1.54, 1.807) is 30.3 Å². The fourth-order valence-corrected chi connectivity index (χ4v) is 2.82. The van der Waals surface area contributed by atoms with Crippen molar-refractivity contribution in [3.05, 3.63) is 88.6 Å². The highest BCUT2D eigenvalue weighted by molar-refractivity contribution is 5.95. The summed E-state index contributed by atoms with van der Waals surface area (Å²) in [5.41, 5.74) is 1.05. The third-order valence-corrected chi connectivity index (χ3v) is 4.06. The molecular weight excluding hydrogens is 344 g/mol. The Morgan fingerprint density at radius 2 is 1.70 bits per heavy atom. The lowest BCUT2D eigenvalue weighted by atomic mass is 10.1. The van der Waals surface area contributed by atoms with Gasteiger partial charge in [0.25, 0.3) is 0 Å². The number of phenols is 1. The van der Waals surface area contributed by atoms with Crippen LogP contribution in [-0.2, 0) is 4.79 Å². The van der Waals surface area contributed by atoms with Crippen molar-refractivity contribution in [2.75, 3.05) is 0 Å². The predicted octanol–water partition coefficient (Wildman–Crippen LogP) is 4.27. The highest BCUT2D eigenvalue weighted by atomic mass is 16.5. The van der Waals surface area contributed by atoms with Crippen molar-refractivity contribution in [2.24, 2.45) is 0 Å². The van der Waals surface area contributed by atoms with Gasteiger partial charge in [-0.1, -0.05) is 42.5 Å². The SMILES string of the molecule is O=C(/C=C/c1ccccc1)Oc1cc(O)c2c(=O)c3ccccc3oc2c1. The summed E-state index contributed by atoms with van der Waals surface area (Å²) in [6.45, 7) is 0. The zero-order valence-corrected chi connectivity index (χ0v) is 14.1. The second kappa shape index (κ2) is 6.80. The van der Waals surface area contributed by atoms with E-state index in [1.165, 1.54) is 18.2 Å². The van der Waals surface area contributed by atoms with E-state index in [0.717, 1.165) is 5.56 Å². The number of para-hydroxylation sites is 1. The minimum atomic E-state index is -0.610. The molecule has 1 N–H and O–H groups in total. The zero-order chi connectivity index (χ0) is 18.8. The first-order valence-corrected chi connectivity index (χ1v) is 8.25. The van der Waals surface area contributed by atoms with E-state index in [1.807, 2.05) is 30.3 Å². The van der Waals surface area contributed by atoms with Crippen molar-refractivity contribution in [1.82, 2.24) is 0 Å². The van der Waals surface area contributed by atoms with Gasteiger partial charge in [-0.05, 0) is 23.8 Å². The second-order valence-corrected chi connectivity index (χ2v) is 5.91.